The third kappa shape index (κ3) is 4.63. The fraction of sp³-hybridized carbons (Fsp3) is 0.250. The van der Waals surface area contributed by atoms with Crippen molar-refractivity contribution in [1.82, 2.24) is 5.32 Å². The van der Waals surface area contributed by atoms with Gasteiger partial charge >= 0.3 is 11.9 Å². The molecule has 8 heteroatoms. The van der Waals surface area contributed by atoms with E-state index >= 15 is 0 Å². The number of hydrogen-bond donors (Lipinski definition) is 2. The molecule has 1 aromatic heterocycles. The van der Waals surface area contributed by atoms with E-state index in [1.54, 1.807) is 42.5 Å². The number of aromatic carboxylic acids is 1. The Balaban J connectivity index is 1.78. The Bertz CT molecular complexity index is 918. The monoisotopic (exact) mass is 416 g/mol. The normalized spacial score (nSPS) is 16.4. The van der Waals surface area contributed by atoms with E-state index in [4.69, 9.17) is 14.8 Å². The molecule has 0 saturated heterocycles. The van der Waals surface area contributed by atoms with Gasteiger partial charge in [-0.25, -0.2) is 14.6 Å². The Morgan fingerprint density at radius 1 is 1.29 bits per heavy atom. The van der Waals surface area contributed by atoms with Crippen molar-refractivity contribution in [3.8, 4) is 0 Å². The van der Waals surface area contributed by atoms with Crippen LogP contribution in [0.4, 0.5) is 0 Å². The van der Waals surface area contributed by atoms with Crippen LogP contribution in [0.5, 0.6) is 0 Å². The Kier molecular flexibility index (Phi) is 6.53. The van der Waals surface area contributed by atoms with Crippen molar-refractivity contribution >= 4 is 40.2 Å². The minimum Gasteiger partial charge on any atom is -0.478 e. The third-order valence-corrected chi connectivity index (χ3v) is 5.99. The van der Waals surface area contributed by atoms with Crippen LogP contribution in [0.25, 0.3) is 0 Å². The number of carboxylic acid groups (broad SMARTS) is 1. The number of aliphatic imine (C=N–C) groups is 1. The number of carbonyl (C=O) groups is 2. The molecule has 0 aliphatic carbocycles. The molecule has 2 aromatic rings. The van der Waals surface area contributed by atoms with E-state index < -0.39 is 12.0 Å². The molecule has 0 saturated carbocycles. The number of rotatable bonds is 6. The third-order valence-electron chi connectivity index (χ3n) is 4.10. The number of benzene rings is 1. The van der Waals surface area contributed by atoms with Gasteiger partial charge in [-0.2, -0.15) is 0 Å². The van der Waals surface area contributed by atoms with Crippen LogP contribution in [-0.4, -0.2) is 28.8 Å². The van der Waals surface area contributed by atoms with E-state index in [1.165, 1.54) is 11.8 Å². The number of amidine groups is 1. The van der Waals surface area contributed by atoms with Crippen molar-refractivity contribution in [2.75, 3.05) is 6.61 Å². The standard InChI is InChI=1S/C20H20N2O4S2/c1-3-26-19(25)16-12(2)21-20(22-17(16)15-5-4-10-27-15)28-11-13-6-8-14(9-7-13)18(23)24/h4-10,17H,3,11H2,1-2H3,(H,21,22)(H,23,24)/t17-/m0/s1. The first kappa shape index (κ1) is 20.2. The lowest BCUT2D eigenvalue weighted by atomic mass is 10.0. The molecular formula is C20H20N2O4S2. The summed E-state index contributed by atoms with van der Waals surface area (Å²) in [5.41, 5.74) is 2.51. The van der Waals surface area contributed by atoms with Crippen LogP contribution in [0.15, 0.2) is 58.0 Å². The van der Waals surface area contributed by atoms with Crippen LogP contribution in [0.1, 0.15) is 40.7 Å². The number of thiophene rings is 1. The molecule has 1 aromatic carbocycles. The topological polar surface area (TPSA) is 88.0 Å². The van der Waals surface area contributed by atoms with Crippen LogP contribution in [0.3, 0.4) is 0 Å². The molecule has 0 bridgehead atoms. The summed E-state index contributed by atoms with van der Waals surface area (Å²) in [5, 5.41) is 14.9. The zero-order valence-electron chi connectivity index (χ0n) is 15.5. The molecule has 2 heterocycles. The molecule has 3 rings (SSSR count). The molecular weight excluding hydrogens is 396 g/mol. The largest absolute Gasteiger partial charge is 0.478 e. The van der Waals surface area contributed by atoms with Gasteiger partial charge in [0.05, 0.1) is 17.7 Å². The Labute approximate surface area is 171 Å². The molecule has 2 N–H and O–H groups in total. The first-order valence-corrected chi connectivity index (χ1v) is 10.6. The highest BCUT2D eigenvalue weighted by atomic mass is 32.2. The molecule has 0 fully saturated rings. The quantitative estimate of drug-likeness (QED) is 0.686. The minimum atomic E-state index is -0.941. The van der Waals surface area contributed by atoms with E-state index in [1.807, 2.05) is 24.4 Å². The van der Waals surface area contributed by atoms with Crippen LogP contribution in [0.2, 0.25) is 0 Å². The molecule has 1 aliphatic rings. The van der Waals surface area contributed by atoms with Gasteiger partial charge in [-0.15, -0.1) is 11.3 Å². The number of hydrogen-bond acceptors (Lipinski definition) is 7. The van der Waals surface area contributed by atoms with Crippen molar-refractivity contribution in [2.45, 2.75) is 25.6 Å². The summed E-state index contributed by atoms with van der Waals surface area (Å²) >= 11 is 3.06. The predicted molar refractivity (Wildman–Crippen MR) is 112 cm³/mol. The van der Waals surface area contributed by atoms with E-state index in [-0.39, 0.29) is 11.5 Å². The van der Waals surface area contributed by atoms with Crippen LogP contribution in [-0.2, 0) is 15.3 Å². The average molecular weight is 417 g/mol. The number of allylic oxidation sites excluding steroid dienone is 1. The lowest BCUT2D eigenvalue weighted by Crippen LogP contribution is -2.30. The molecule has 1 atom stereocenters. The number of esters is 1. The van der Waals surface area contributed by atoms with Gasteiger partial charge in [0.15, 0.2) is 5.17 Å². The van der Waals surface area contributed by atoms with Gasteiger partial charge in [0.1, 0.15) is 6.04 Å². The lowest BCUT2D eigenvalue weighted by molar-refractivity contribution is -0.138. The lowest BCUT2D eigenvalue weighted by Gasteiger charge is -2.25. The Hall–Kier alpha value is -2.58. The summed E-state index contributed by atoms with van der Waals surface area (Å²) in [5.74, 6) is -0.670. The van der Waals surface area contributed by atoms with E-state index in [0.29, 0.717) is 23.1 Å². The van der Waals surface area contributed by atoms with Gasteiger partial charge in [-0.05, 0) is 43.0 Å². The highest BCUT2D eigenvalue weighted by Crippen LogP contribution is 2.35. The number of ether oxygens (including phenoxy) is 1. The summed E-state index contributed by atoms with van der Waals surface area (Å²) in [7, 11) is 0. The molecule has 6 nitrogen and oxygen atoms in total. The average Bonchev–Trinajstić information content (AvgIpc) is 3.21. The SMILES string of the molecule is CCOC(=O)C1=C(C)NC(SCc2ccc(C(=O)O)cc2)=N[C@H]1c1cccs1. The zero-order chi connectivity index (χ0) is 20.1. The van der Waals surface area contributed by atoms with Crippen LogP contribution < -0.4 is 5.32 Å². The molecule has 146 valence electrons. The fourth-order valence-electron chi connectivity index (χ4n) is 2.74. The maximum absolute atomic E-state index is 12.4. The summed E-state index contributed by atoms with van der Waals surface area (Å²) in [6.45, 7) is 3.94. The zero-order valence-corrected chi connectivity index (χ0v) is 17.1. The highest BCUT2D eigenvalue weighted by molar-refractivity contribution is 8.13. The molecule has 28 heavy (non-hydrogen) atoms. The Morgan fingerprint density at radius 2 is 2.04 bits per heavy atom. The van der Waals surface area contributed by atoms with Crippen molar-refractivity contribution in [3.63, 3.8) is 0 Å². The van der Waals surface area contributed by atoms with Gasteiger partial charge in [-0.1, -0.05) is 30.0 Å². The van der Waals surface area contributed by atoms with Gasteiger partial charge in [-0.3, -0.25) is 0 Å². The number of thioether (sulfide) groups is 1. The predicted octanol–water partition coefficient (Wildman–Crippen LogP) is 4.22. The molecule has 1 aliphatic heterocycles. The fourth-order valence-corrected chi connectivity index (χ4v) is 4.41. The second-order valence-electron chi connectivity index (χ2n) is 6.03. The number of carboxylic acids is 1. The second kappa shape index (κ2) is 9.07. The number of nitrogens with zero attached hydrogens (tertiary/aromatic N) is 1. The number of carbonyl (C=O) groups excluding carboxylic acids is 1. The Morgan fingerprint density at radius 3 is 2.64 bits per heavy atom. The van der Waals surface area contributed by atoms with E-state index in [2.05, 4.69) is 5.32 Å². The molecule has 0 amide bonds. The van der Waals surface area contributed by atoms with E-state index in [0.717, 1.165) is 16.1 Å². The van der Waals surface area contributed by atoms with E-state index in [9.17, 15) is 9.59 Å². The van der Waals surface area contributed by atoms with Crippen molar-refractivity contribution in [3.05, 3.63) is 69.1 Å². The van der Waals surface area contributed by atoms with Gasteiger partial charge in [0, 0.05) is 16.3 Å². The summed E-state index contributed by atoms with van der Waals surface area (Å²) in [6, 6.07) is 10.3. The van der Waals surface area contributed by atoms with Crippen LogP contribution in [0, 0.1) is 0 Å². The summed E-state index contributed by atoms with van der Waals surface area (Å²) in [6.07, 6.45) is 0. The van der Waals surface area contributed by atoms with Gasteiger partial charge in [0.25, 0.3) is 0 Å². The minimum absolute atomic E-state index is 0.262. The van der Waals surface area contributed by atoms with Crippen molar-refractivity contribution < 1.29 is 19.4 Å². The first-order valence-electron chi connectivity index (χ1n) is 8.70. The first-order chi connectivity index (χ1) is 13.5. The smallest absolute Gasteiger partial charge is 0.338 e. The second-order valence-corrected chi connectivity index (χ2v) is 7.97. The van der Waals surface area contributed by atoms with Crippen molar-refractivity contribution in [1.29, 1.82) is 0 Å². The molecule has 0 radical (unpaired) electrons. The van der Waals surface area contributed by atoms with Crippen molar-refractivity contribution in [2.24, 2.45) is 4.99 Å². The highest BCUT2D eigenvalue weighted by Gasteiger charge is 2.30. The summed E-state index contributed by atoms with van der Waals surface area (Å²) < 4.78 is 5.22. The maximum atomic E-state index is 12.4. The van der Waals surface area contributed by atoms with Crippen LogP contribution >= 0.6 is 23.1 Å². The summed E-state index contributed by atoms with van der Waals surface area (Å²) in [4.78, 5) is 29.1. The maximum Gasteiger partial charge on any atom is 0.338 e. The molecule has 0 spiro atoms. The number of nitrogens with one attached hydrogen (secondary N) is 1. The van der Waals surface area contributed by atoms with Gasteiger partial charge < -0.3 is 15.2 Å². The molecule has 0 unspecified atom stereocenters. The van der Waals surface area contributed by atoms with Gasteiger partial charge in [0.2, 0.25) is 0 Å².